The molecule has 31 heavy (non-hydrogen) atoms. The van der Waals surface area contributed by atoms with Crippen LogP contribution in [-0.2, 0) is 6.61 Å². The lowest BCUT2D eigenvalue weighted by Crippen LogP contribution is -2.13. The fourth-order valence-electron chi connectivity index (χ4n) is 3.16. The predicted octanol–water partition coefficient (Wildman–Crippen LogP) is 3.36. The molecule has 0 aliphatic heterocycles. The number of nitrogens with one attached hydrogen (secondary N) is 1. The summed E-state index contributed by atoms with van der Waals surface area (Å²) in [5.74, 6) is -1.09. The van der Waals surface area contributed by atoms with Crippen LogP contribution in [0.4, 0.5) is 8.78 Å². The van der Waals surface area contributed by atoms with E-state index in [4.69, 9.17) is 16.6 Å². The highest BCUT2D eigenvalue weighted by atomic mass is 19.1. The van der Waals surface area contributed by atoms with Crippen molar-refractivity contribution in [3.63, 3.8) is 0 Å². The number of pyridine rings is 1. The van der Waals surface area contributed by atoms with Crippen LogP contribution in [0.15, 0.2) is 53.7 Å². The number of aromatic amines is 1. The molecule has 0 aliphatic rings. The van der Waals surface area contributed by atoms with E-state index in [-0.39, 0.29) is 23.8 Å². The SMILES string of the molecule is CCC(/C=C(\N)c1c(F)cccc1F)=C(/N)C(C)c1cccc(-c2n[nH]c(CO)n2)n1. The van der Waals surface area contributed by atoms with Crippen molar-refractivity contribution in [2.75, 3.05) is 0 Å². The first-order chi connectivity index (χ1) is 14.8. The molecule has 0 amide bonds. The number of aromatic nitrogens is 4. The second-order valence-corrected chi connectivity index (χ2v) is 6.96. The Morgan fingerprint density at radius 2 is 1.81 bits per heavy atom. The van der Waals surface area contributed by atoms with Gasteiger partial charge in [-0.2, -0.15) is 5.10 Å². The number of aliphatic hydroxyl groups excluding tert-OH is 1. The Labute approximate surface area is 178 Å². The van der Waals surface area contributed by atoms with Crippen LogP contribution in [0.25, 0.3) is 17.2 Å². The third-order valence-corrected chi connectivity index (χ3v) is 4.92. The van der Waals surface area contributed by atoms with Gasteiger partial charge in [-0.15, -0.1) is 0 Å². The summed E-state index contributed by atoms with van der Waals surface area (Å²) >= 11 is 0. The summed E-state index contributed by atoms with van der Waals surface area (Å²) in [6, 6.07) is 8.96. The fourth-order valence-corrected chi connectivity index (χ4v) is 3.16. The van der Waals surface area contributed by atoms with Crippen LogP contribution in [-0.4, -0.2) is 25.3 Å². The van der Waals surface area contributed by atoms with E-state index in [1.807, 2.05) is 19.9 Å². The molecular formula is C22H24F2N6O. The standard InChI is InChI=1S/C22H24F2N6O/c1-3-13(10-16(25)20-14(23)6-4-7-15(20)24)21(26)12(2)17-8-5-9-18(27-17)22-28-19(11-31)29-30-22/h4-10,12,31H,3,11,25-26H2,1-2H3,(H,28,29,30)/b16-10-,21-13-. The van der Waals surface area contributed by atoms with E-state index in [1.165, 1.54) is 12.1 Å². The van der Waals surface area contributed by atoms with Crippen LogP contribution < -0.4 is 11.5 Å². The summed E-state index contributed by atoms with van der Waals surface area (Å²) in [5, 5.41) is 15.8. The third kappa shape index (κ3) is 4.77. The Hall–Kier alpha value is -3.59. The summed E-state index contributed by atoms with van der Waals surface area (Å²) < 4.78 is 28.1. The Balaban J connectivity index is 1.95. The van der Waals surface area contributed by atoms with Crippen LogP contribution >= 0.6 is 0 Å². The molecule has 3 aromatic rings. The van der Waals surface area contributed by atoms with E-state index in [9.17, 15) is 8.78 Å². The number of allylic oxidation sites excluding steroid dienone is 3. The monoisotopic (exact) mass is 426 g/mol. The lowest BCUT2D eigenvalue weighted by atomic mass is 9.96. The molecule has 0 aliphatic carbocycles. The number of benzene rings is 1. The van der Waals surface area contributed by atoms with Crippen molar-refractivity contribution in [2.24, 2.45) is 11.5 Å². The number of aliphatic hydroxyl groups is 1. The lowest BCUT2D eigenvalue weighted by molar-refractivity contribution is 0.272. The fraction of sp³-hybridized carbons (Fsp3) is 0.227. The van der Waals surface area contributed by atoms with E-state index < -0.39 is 11.6 Å². The van der Waals surface area contributed by atoms with E-state index in [0.29, 0.717) is 40.7 Å². The molecule has 6 N–H and O–H groups in total. The number of rotatable bonds is 7. The van der Waals surface area contributed by atoms with Crippen LogP contribution in [0.5, 0.6) is 0 Å². The molecule has 0 saturated heterocycles. The Kier molecular flexibility index (Phi) is 6.76. The van der Waals surface area contributed by atoms with Crippen molar-refractivity contribution >= 4 is 5.70 Å². The van der Waals surface area contributed by atoms with Crippen LogP contribution in [0.3, 0.4) is 0 Å². The molecule has 1 aromatic carbocycles. The molecule has 2 aromatic heterocycles. The third-order valence-electron chi connectivity index (χ3n) is 4.92. The van der Waals surface area contributed by atoms with Gasteiger partial charge in [0, 0.05) is 23.0 Å². The van der Waals surface area contributed by atoms with Crippen molar-refractivity contribution in [1.29, 1.82) is 0 Å². The first-order valence-electron chi connectivity index (χ1n) is 9.75. The van der Waals surface area contributed by atoms with Gasteiger partial charge < -0.3 is 16.6 Å². The van der Waals surface area contributed by atoms with Gasteiger partial charge in [-0.3, -0.25) is 5.10 Å². The minimum atomic E-state index is -0.737. The maximum Gasteiger partial charge on any atom is 0.199 e. The summed E-state index contributed by atoms with van der Waals surface area (Å²) in [4.78, 5) is 8.75. The minimum absolute atomic E-state index is 0.0402. The van der Waals surface area contributed by atoms with Crippen LogP contribution in [0, 0.1) is 11.6 Å². The molecule has 1 atom stereocenters. The summed E-state index contributed by atoms with van der Waals surface area (Å²) in [6.45, 7) is 3.50. The zero-order valence-corrected chi connectivity index (χ0v) is 17.2. The van der Waals surface area contributed by atoms with E-state index in [1.54, 1.807) is 12.1 Å². The van der Waals surface area contributed by atoms with Crippen molar-refractivity contribution in [2.45, 2.75) is 32.8 Å². The van der Waals surface area contributed by atoms with Gasteiger partial charge >= 0.3 is 0 Å². The van der Waals surface area contributed by atoms with Gasteiger partial charge in [-0.25, -0.2) is 18.7 Å². The normalized spacial score (nSPS) is 13.8. The average Bonchev–Trinajstić information content (AvgIpc) is 3.26. The Morgan fingerprint density at radius 1 is 1.13 bits per heavy atom. The summed E-state index contributed by atoms with van der Waals surface area (Å²) in [5.41, 5.74) is 14.4. The quantitative estimate of drug-likeness (QED) is 0.429. The predicted molar refractivity (Wildman–Crippen MR) is 114 cm³/mol. The van der Waals surface area contributed by atoms with Gasteiger partial charge in [0.05, 0.1) is 5.56 Å². The van der Waals surface area contributed by atoms with Gasteiger partial charge in [0.25, 0.3) is 0 Å². The zero-order chi connectivity index (χ0) is 22.5. The zero-order valence-electron chi connectivity index (χ0n) is 17.2. The molecule has 7 nitrogen and oxygen atoms in total. The van der Waals surface area contributed by atoms with E-state index >= 15 is 0 Å². The first kappa shape index (κ1) is 22.1. The molecule has 1 unspecified atom stereocenters. The Morgan fingerprint density at radius 3 is 2.42 bits per heavy atom. The van der Waals surface area contributed by atoms with Crippen molar-refractivity contribution in [3.8, 4) is 11.5 Å². The molecule has 0 radical (unpaired) electrons. The van der Waals surface area contributed by atoms with Crippen LogP contribution in [0.1, 0.15) is 43.3 Å². The van der Waals surface area contributed by atoms with Gasteiger partial charge in [0.2, 0.25) is 0 Å². The largest absolute Gasteiger partial charge is 0.401 e. The second-order valence-electron chi connectivity index (χ2n) is 6.96. The highest BCUT2D eigenvalue weighted by Crippen LogP contribution is 2.27. The highest BCUT2D eigenvalue weighted by Gasteiger charge is 2.17. The number of H-pyrrole nitrogens is 1. The molecule has 9 heteroatoms. The molecule has 2 heterocycles. The average molecular weight is 426 g/mol. The Bertz CT molecular complexity index is 1120. The number of hydrogen-bond acceptors (Lipinski definition) is 6. The van der Waals surface area contributed by atoms with Gasteiger partial charge in [0.1, 0.15) is 23.9 Å². The van der Waals surface area contributed by atoms with Crippen LogP contribution in [0.2, 0.25) is 0 Å². The molecular weight excluding hydrogens is 402 g/mol. The number of halogens is 2. The van der Waals surface area contributed by atoms with Gasteiger partial charge in [-0.1, -0.05) is 26.0 Å². The minimum Gasteiger partial charge on any atom is -0.401 e. The molecule has 3 rings (SSSR count). The maximum absolute atomic E-state index is 14.1. The molecule has 162 valence electrons. The molecule has 0 fully saturated rings. The lowest BCUT2D eigenvalue weighted by Gasteiger charge is -2.16. The molecule has 0 spiro atoms. The second kappa shape index (κ2) is 9.48. The van der Waals surface area contributed by atoms with Gasteiger partial charge in [0.15, 0.2) is 11.6 Å². The molecule has 0 bridgehead atoms. The van der Waals surface area contributed by atoms with E-state index in [2.05, 4.69) is 20.2 Å². The first-order valence-corrected chi connectivity index (χ1v) is 9.75. The maximum atomic E-state index is 14.1. The summed E-state index contributed by atoms with van der Waals surface area (Å²) in [7, 11) is 0. The smallest absolute Gasteiger partial charge is 0.199 e. The number of nitrogens with two attached hydrogens (primary N) is 2. The van der Waals surface area contributed by atoms with Crippen molar-refractivity contribution < 1.29 is 13.9 Å². The summed E-state index contributed by atoms with van der Waals surface area (Å²) in [6.07, 6.45) is 2.01. The number of nitrogens with zero attached hydrogens (tertiary/aromatic N) is 3. The number of hydrogen-bond donors (Lipinski definition) is 4. The van der Waals surface area contributed by atoms with Gasteiger partial charge in [-0.05, 0) is 42.3 Å². The molecule has 0 saturated carbocycles. The van der Waals surface area contributed by atoms with Crippen molar-refractivity contribution in [1.82, 2.24) is 20.2 Å². The van der Waals surface area contributed by atoms with E-state index in [0.717, 1.165) is 12.1 Å². The topological polar surface area (TPSA) is 127 Å². The highest BCUT2D eigenvalue weighted by molar-refractivity contribution is 5.66. The van der Waals surface area contributed by atoms with Crippen molar-refractivity contribution in [3.05, 3.63) is 82.5 Å².